The lowest BCUT2D eigenvalue weighted by molar-refractivity contribution is 0.102. The average Bonchev–Trinajstić information content (AvgIpc) is 3.05. The first-order valence-corrected chi connectivity index (χ1v) is 10.1. The van der Waals surface area contributed by atoms with E-state index in [1.807, 2.05) is 0 Å². The fourth-order valence-corrected chi connectivity index (χ4v) is 3.78. The third kappa shape index (κ3) is 5.45. The lowest BCUT2D eigenvalue weighted by Crippen LogP contribution is -2.24. The molecule has 134 valence electrons. The molecule has 1 aromatic heterocycles. The van der Waals surface area contributed by atoms with Crippen LogP contribution in [0.5, 0.6) is 0 Å². The number of hydrogen-bond donors (Lipinski definition) is 2. The summed E-state index contributed by atoms with van der Waals surface area (Å²) in [6.07, 6.45) is 4.34. The van der Waals surface area contributed by atoms with E-state index in [4.69, 9.17) is 0 Å². The smallest absolute Gasteiger partial charge is 0.257 e. The van der Waals surface area contributed by atoms with Gasteiger partial charge in [-0.25, -0.2) is 13.1 Å². The van der Waals surface area contributed by atoms with Crippen LogP contribution in [-0.4, -0.2) is 31.1 Å². The van der Waals surface area contributed by atoms with Crippen LogP contribution in [0.2, 0.25) is 0 Å². The van der Waals surface area contributed by atoms with Crippen LogP contribution in [0.4, 0.5) is 5.13 Å². The van der Waals surface area contributed by atoms with Crippen LogP contribution in [0.25, 0.3) is 0 Å². The minimum atomic E-state index is -3.68. The van der Waals surface area contributed by atoms with Gasteiger partial charge in [0.1, 0.15) is 5.01 Å². The Kier molecular flexibility index (Phi) is 6.80. The summed E-state index contributed by atoms with van der Waals surface area (Å²) in [6, 6.07) is 5.81. The summed E-state index contributed by atoms with van der Waals surface area (Å²) in [7, 11) is -3.68. The van der Waals surface area contributed by atoms with E-state index in [0.29, 0.717) is 5.13 Å². The summed E-state index contributed by atoms with van der Waals surface area (Å²) < 4.78 is 26.6. The van der Waals surface area contributed by atoms with E-state index in [-0.39, 0.29) is 17.0 Å². The fraction of sp³-hybridized carbons (Fsp3) is 0.312. The van der Waals surface area contributed by atoms with Gasteiger partial charge in [-0.2, -0.15) is 0 Å². The number of nitrogens with one attached hydrogen (secondary N) is 2. The van der Waals surface area contributed by atoms with Gasteiger partial charge in [-0.15, -0.1) is 16.8 Å². The number of benzene rings is 1. The number of anilines is 1. The first-order chi connectivity index (χ1) is 12.0. The van der Waals surface area contributed by atoms with E-state index in [1.165, 1.54) is 35.6 Å². The van der Waals surface area contributed by atoms with Crippen molar-refractivity contribution in [1.29, 1.82) is 0 Å². The average molecular weight is 380 g/mol. The number of carbonyl (C=O) groups excluding carboxylic acids is 1. The van der Waals surface area contributed by atoms with Gasteiger partial charge in [0.15, 0.2) is 0 Å². The highest BCUT2D eigenvalue weighted by atomic mass is 32.2. The van der Waals surface area contributed by atoms with Crippen LogP contribution in [0, 0.1) is 0 Å². The summed E-state index contributed by atoms with van der Waals surface area (Å²) >= 11 is 1.32. The van der Waals surface area contributed by atoms with Gasteiger partial charge in [0.25, 0.3) is 5.91 Å². The number of aromatic nitrogens is 2. The zero-order valence-corrected chi connectivity index (χ0v) is 15.5. The number of aryl methyl sites for hydroxylation is 1. The van der Waals surface area contributed by atoms with E-state index >= 15 is 0 Å². The van der Waals surface area contributed by atoms with E-state index in [1.54, 1.807) is 6.07 Å². The lowest BCUT2D eigenvalue weighted by Gasteiger charge is -2.06. The van der Waals surface area contributed by atoms with Crippen molar-refractivity contribution in [2.45, 2.75) is 31.1 Å². The van der Waals surface area contributed by atoms with E-state index < -0.39 is 15.9 Å². The zero-order chi connectivity index (χ0) is 18.3. The van der Waals surface area contributed by atoms with Crippen LogP contribution >= 0.6 is 11.3 Å². The predicted octanol–water partition coefficient (Wildman–Crippen LogP) is 2.60. The van der Waals surface area contributed by atoms with Crippen molar-refractivity contribution >= 4 is 32.4 Å². The number of hydrogen-bond acceptors (Lipinski definition) is 6. The van der Waals surface area contributed by atoms with E-state index in [0.717, 1.165) is 24.3 Å². The molecule has 0 aliphatic rings. The number of sulfonamides is 1. The second-order valence-corrected chi connectivity index (χ2v) is 8.06. The number of amides is 1. The van der Waals surface area contributed by atoms with Gasteiger partial charge in [-0.05, 0) is 24.6 Å². The van der Waals surface area contributed by atoms with Gasteiger partial charge in [0.05, 0.1) is 4.90 Å². The first-order valence-electron chi connectivity index (χ1n) is 7.80. The van der Waals surface area contributed by atoms with Crippen LogP contribution in [0.1, 0.15) is 35.1 Å². The maximum absolute atomic E-state index is 12.3. The molecule has 25 heavy (non-hydrogen) atoms. The summed E-state index contributed by atoms with van der Waals surface area (Å²) in [5.41, 5.74) is 0.229. The summed E-state index contributed by atoms with van der Waals surface area (Å²) in [4.78, 5) is 12.3. The number of carbonyl (C=O) groups is 1. The standard InChI is InChI=1S/C16H20N4O3S2/c1-3-5-9-14-19-20-16(24-14)18-15(21)12-7-6-8-13(11-12)25(22,23)17-10-4-2/h4,6-8,11,17H,2-3,5,9-10H2,1H3,(H,18,20,21). The SMILES string of the molecule is C=CCNS(=O)(=O)c1cccc(C(=O)Nc2nnc(CCCC)s2)c1. The normalized spacial score (nSPS) is 11.2. The van der Waals surface area contributed by atoms with Crippen molar-refractivity contribution in [3.05, 3.63) is 47.5 Å². The minimum absolute atomic E-state index is 0.0166. The molecule has 0 unspecified atom stereocenters. The third-order valence-electron chi connectivity index (χ3n) is 3.26. The van der Waals surface area contributed by atoms with Crippen LogP contribution < -0.4 is 10.0 Å². The molecule has 0 atom stereocenters. The highest BCUT2D eigenvalue weighted by Gasteiger charge is 2.16. The Morgan fingerprint density at radius 2 is 2.16 bits per heavy atom. The maximum atomic E-state index is 12.3. The maximum Gasteiger partial charge on any atom is 0.257 e. The molecule has 2 rings (SSSR count). The Morgan fingerprint density at radius 1 is 1.36 bits per heavy atom. The Bertz CT molecular complexity index is 847. The Balaban J connectivity index is 2.10. The first kappa shape index (κ1) is 19.2. The van der Waals surface area contributed by atoms with Crippen molar-refractivity contribution in [2.75, 3.05) is 11.9 Å². The quantitative estimate of drug-likeness (QED) is 0.651. The minimum Gasteiger partial charge on any atom is -0.296 e. The van der Waals surface area contributed by atoms with Gasteiger partial charge in [-0.1, -0.05) is 36.8 Å². The van der Waals surface area contributed by atoms with Crippen molar-refractivity contribution in [1.82, 2.24) is 14.9 Å². The van der Waals surface area contributed by atoms with Crippen molar-refractivity contribution in [3.63, 3.8) is 0 Å². The van der Waals surface area contributed by atoms with Crippen molar-refractivity contribution in [2.24, 2.45) is 0 Å². The molecular weight excluding hydrogens is 360 g/mol. The molecule has 7 nitrogen and oxygen atoms in total. The Labute approximate surface area is 151 Å². The van der Waals surface area contributed by atoms with Crippen LogP contribution in [0.3, 0.4) is 0 Å². The largest absolute Gasteiger partial charge is 0.296 e. The molecule has 1 aromatic carbocycles. The summed E-state index contributed by atoms with van der Waals surface area (Å²) in [5.74, 6) is -0.432. The molecule has 2 aromatic rings. The van der Waals surface area contributed by atoms with E-state index in [9.17, 15) is 13.2 Å². The monoisotopic (exact) mass is 380 g/mol. The molecule has 9 heteroatoms. The molecule has 0 spiro atoms. The molecule has 0 radical (unpaired) electrons. The highest BCUT2D eigenvalue weighted by Crippen LogP contribution is 2.19. The molecule has 2 N–H and O–H groups in total. The fourth-order valence-electron chi connectivity index (χ4n) is 1.96. The van der Waals surface area contributed by atoms with Gasteiger partial charge in [-0.3, -0.25) is 10.1 Å². The van der Waals surface area contributed by atoms with Crippen molar-refractivity contribution < 1.29 is 13.2 Å². The molecule has 0 bridgehead atoms. The zero-order valence-electron chi connectivity index (χ0n) is 13.9. The van der Waals surface area contributed by atoms with Crippen LogP contribution in [-0.2, 0) is 16.4 Å². The Hall–Kier alpha value is -2.10. The number of rotatable bonds is 9. The number of nitrogens with zero attached hydrogens (tertiary/aromatic N) is 2. The van der Waals surface area contributed by atoms with E-state index in [2.05, 4.69) is 33.7 Å². The van der Waals surface area contributed by atoms with Gasteiger partial charge >= 0.3 is 0 Å². The molecule has 1 amide bonds. The van der Waals surface area contributed by atoms with Crippen molar-refractivity contribution in [3.8, 4) is 0 Å². The Morgan fingerprint density at radius 3 is 2.88 bits per heavy atom. The molecular formula is C16H20N4O3S2. The van der Waals surface area contributed by atoms with Gasteiger partial charge in [0.2, 0.25) is 15.2 Å². The summed E-state index contributed by atoms with van der Waals surface area (Å²) in [5, 5.41) is 11.9. The van der Waals surface area contributed by atoms with Crippen LogP contribution in [0.15, 0.2) is 41.8 Å². The topological polar surface area (TPSA) is 101 Å². The molecule has 1 heterocycles. The second kappa shape index (κ2) is 8.84. The van der Waals surface area contributed by atoms with Gasteiger partial charge < -0.3 is 0 Å². The molecule has 0 saturated carbocycles. The predicted molar refractivity (Wildman–Crippen MR) is 98.3 cm³/mol. The molecule has 0 saturated heterocycles. The number of unbranched alkanes of at least 4 members (excludes halogenated alkanes) is 1. The molecule has 0 aliphatic heterocycles. The lowest BCUT2D eigenvalue weighted by atomic mass is 10.2. The third-order valence-corrected chi connectivity index (χ3v) is 5.58. The second-order valence-electron chi connectivity index (χ2n) is 5.23. The molecule has 0 aliphatic carbocycles. The molecule has 0 fully saturated rings. The van der Waals surface area contributed by atoms with Gasteiger partial charge in [0, 0.05) is 18.5 Å². The highest BCUT2D eigenvalue weighted by molar-refractivity contribution is 7.89. The summed E-state index contributed by atoms with van der Waals surface area (Å²) in [6.45, 7) is 5.67.